The SMILES string of the molecule is CCOC(=O)C1=C(C)n2c(s/c(=C\c3ccc(O)c(OCC)c3)c2=O)=N[C@H]1c1cccc([N+](=O)[O-])c1. The third-order valence-electron chi connectivity index (χ3n) is 5.52. The smallest absolute Gasteiger partial charge is 0.338 e. The van der Waals surface area contributed by atoms with E-state index in [1.807, 2.05) is 0 Å². The van der Waals surface area contributed by atoms with Gasteiger partial charge in [-0.2, -0.15) is 0 Å². The Balaban J connectivity index is 1.92. The van der Waals surface area contributed by atoms with Crippen LogP contribution in [0.2, 0.25) is 0 Å². The van der Waals surface area contributed by atoms with Gasteiger partial charge < -0.3 is 14.6 Å². The van der Waals surface area contributed by atoms with Crippen molar-refractivity contribution in [1.82, 2.24) is 4.57 Å². The van der Waals surface area contributed by atoms with Crippen LogP contribution < -0.4 is 19.6 Å². The van der Waals surface area contributed by atoms with Crippen molar-refractivity contribution in [3.63, 3.8) is 0 Å². The summed E-state index contributed by atoms with van der Waals surface area (Å²) in [5.41, 5.74) is 1.04. The number of carbonyl (C=O) groups is 1. The lowest BCUT2D eigenvalue weighted by Crippen LogP contribution is -2.35. The van der Waals surface area contributed by atoms with Crippen LogP contribution in [0, 0.1) is 10.1 Å². The number of nitrogens with zero attached hydrogens (tertiary/aromatic N) is 3. The number of phenolic OH excluding ortho intramolecular Hbond substituents is 1. The fourth-order valence-electron chi connectivity index (χ4n) is 3.91. The minimum atomic E-state index is -0.881. The lowest BCUT2D eigenvalue weighted by Gasteiger charge is -2.22. The molecular weight excluding hydrogens is 486 g/mol. The summed E-state index contributed by atoms with van der Waals surface area (Å²) in [5, 5.41) is 21.3. The number of hydrogen-bond donors (Lipinski definition) is 1. The first-order valence-electron chi connectivity index (χ1n) is 11.1. The monoisotopic (exact) mass is 509 g/mol. The molecule has 11 heteroatoms. The number of ether oxygens (including phenoxy) is 2. The Morgan fingerprint density at radius 2 is 2.03 bits per heavy atom. The summed E-state index contributed by atoms with van der Waals surface area (Å²) in [7, 11) is 0. The summed E-state index contributed by atoms with van der Waals surface area (Å²) in [5.74, 6) is -0.364. The zero-order valence-corrected chi connectivity index (χ0v) is 20.6. The van der Waals surface area contributed by atoms with Gasteiger partial charge in [0.15, 0.2) is 16.3 Å². The largest absolute Gasteiger partial charge is 0.504 e. The van der Waals surface area contributed by atoms with E-state index < -0.39 is 16.9 Å². The number of esters is 1. The third kappa shape index (κ3) is 4.65. The number of phenols is 1. The first kappa shape index (κ1) is 24.9. The van der Waals surface area contributed by atoms with E-state index in [1.54, 1.807) is 45.0 Å². The number of nitro groups is 1. The maximum absolute atomic E-state index is 13.3. The number of aromatic hydroxyl groups is 1. The molecule has 4 rings (SSSR count). The van der Waals surface area contributed by atoms with E-state index in [9.17, 15) is 24.8 Å². The normalized spacial score (nSPS) is 15.3. The highest BCUT2D eigenvalue weighted by molar-refractivity contribution is 7.07. The van der Waals surface area contributed by atoms with Crippen LogP contribution in [-0.4, -0.2) is 33.8 Å². The molecule has 0 saturated carbocycles. The maximum atomic E-state index is 13.3. The maximum Gasteiger partial charge on any atom is 0.338 e. The number of carbonyl (C=O) groups excluding carboxylic acids is 1. The van der Waals surface area contributed by atoms with Gasteiger partial charge in [-0.05, 0) is 50.1 Å². The number of hydrogen-bond acceptors (Lipinski definition) is 9. The lowest BCUT2D eigenvalue weighted by molar-refractivity contribution is -0.384. The van der Waals surface area contributed by atoms with Crippen molar-refractivity contribution < 1.29 is 24.3 Å². The summed E-state index contributed by atoms with van der Waals surface area (Å²) >= 11 is 1.12. The highest BCUT2D eigenvalue weighted by Crippen LogP contribution is 2.33. The Morgan fingerprint density at radius 1 is 1.25 bits per heavy atom. The fraction of sp³-hybridized carbons (Fsp3) is 0.240. The minimum Gasteiger partial charge on any atom is -0.504 e. The topological polar surface area (TPSA) is 133 Å². The van der Waals surface area contributed by atoms with E-state index in [2.05, 4.69) is 4.99 Å². The highest BCUT2D eigenvalue weighted by atomic mass is 32.1. The van der Waals surface area contributed by atoms with Gasteiger partial charge in [-0.1, -0.05) is 29.5 Å². The molecule has 1 aliphatic heterocycles. The number of non-ortho nitro benzene ring substituents is 1. The molecule has 1 aromatic heterocycles. The van der Waals surface area contributed by atoms with Crippen molar-refractivity contribution in [1.29, 1.82) is 0 Å². The number of rotatable bonds is 7. The van der Waals surface area contributed by atoms with E-state index in [1.165, 1.54) is 28.8 Å². The Kier molecular flexibility index (Phi) is 7.02. The molecule has 36 heavy (non-hydrogen) atoms. The molecule has 10 nitrogen and oxygen atoms in total. The summed E-state index contributed by atoms with van der Waals surface area (Å²) in [4.78, 5) is 42.1. The second-order valence-corrected chi connectivity index (χ2v) is 8.81. The predicted octanol–water partition coefficient (Wildman–Crippen LogP) is 2.92. The fourth-order valence-corrected chi connectivity index (χ4v) is 4.95. The van der Waals surface area contributed by atoms with Crippen LogP contribution in [0.1, 0.15) is 37.9 Å². The summed E-state index contributed by atoms with van der Waals surface area (Å²) in [6, 6.07) is 9.76. The molecule has 2 heterocycles. The summed E-state index contributed by atoms with van der Waals surface area (Å²) < 4.78 is 12.4. The van der Waals surface area contributed by atoms with Gasteiger partial charge in [0, 0.05) is 17.8 Å². The third-order valence-corrected chi connectivity index (χ3v) is 6.50. The number of nitro benzene ring substituents is 1. The van der Waals surface area contributed by atoms with Crippen LogP contribution in [0.25, 0.3) is 11.8 Å². The highest BCUT2D eigenvalue weighted by Gasteiger charge is 2.32. The van der Waals surface area contributed by atoms with Crippen molar-refractivity contribution in [2.45, 2.75) is 26.8 Å². The van der Waals surface area contributed by atoms with Gasteiger partial charge >= 0.3 is 5.97 Å². The number of allylic oxidation sites excluding steroid dienone is 1. The van der Waals surface area contributed by atoms with E-state index in [0.717, 1.165) is 11.3 Å². The van der Waals surface area contributed by atoms with Crippen molar-refractivity contribution >= 4 is 34.8 Å². The number of benzene rings is 2. The van der Waals surface area contributed by atoms with Crippen LogP contribution >= 0.6 is 11.3 Å². The second kappa shape index (κ2) is 10.2. The van der Waals surface area contributed by atoms with Crippen LogP contribution in [0.5, 0.6) is 11.5 Å². The standard InChI is InChI=1S/C25H23N3O7S/c1-4-34-19-11-15(9-10-18(19)29)12-20-23(30)27-14(3)21(24(31)35-5-2)22(26-25(27)36-20)16-7-6-8-17(13-16)28(32)33/h6-13,22,29H,4-5H2,1-3H3/b20-12-/t22-/m0/s1. The van der Waals surface area contributed by atoms with Gasteiger partial charge in [0.2, 0.25) is 0 Å². The molecule has 0 fully saturated rings. The van der Waals surface area contributed by atoms with Gasteiger partial charge in [-0.3, -0.25) is 19.5 Å². The average Bonchev–Trinajstić information content (AvgIpc) is 3.16. The Hall–Kier alpha value is -4.25. The molecule has 0 radical (unpaired) electrons. The molecule has 0 saturated heterocycles. The molecule has 2 aromatic carbocycles. The van der Waals surface area contributed by atoms with Crippen LogP contribution in [-0.2, 0) is 9.53 Å². The van der Waals surface area contributed by atoms with Crippen molar-refractivity contribution in [2.75, 3.05) is 13.2 Å². The molecule has 0 unspecified atom stereocenters. The first-order valence-corrected chi connectivity index (χ1v) is 12.0. The van der Waals surface area contributed by atoms with E-state index in [4.69, 9.17) is 9.47 Å². The van der Waals surface area contributed by atoms with Crippen molar-refractivity contribution in [3.05, 3.63) is 89.0 Å². The second-order valence-electron chi connectivity index (χ2n) is 7.80. The number of fused-ring (bicyclic) bond motifs is 1. The zero-order valence-electron chi connectivity index (χ0n) is 19.8. The molecule has 1 atom stereocenters. The van der Waals surface area contributed by atoms with Crippen LogP contribution in [0.3, 0.4) is 0 Å². The van der Waals surface area contributed by atoms with Crippen LogP contribution in [0.15, 0.2) is 57.8 Å². The molecule has 0 aliphatic carbocycles. The predicted molar refractivity (Wildman–Crippen MR) is 134 cm³/mol. The molecule has 0 amide bonds. The number of aromatic nitrogens is 1. The van der Waals surface area contributed by atoms with Crippen molar-refractivity contribution in [2.24, 2.45) is 4.99 Å². The molecule has 3 aromatic rings. The van der Waals surface area contributed by atoms with Gasteiger partial charge in [-0.15, -0.1) is 0 Å². The first-order chi connectivity index (χ1) is 17.2. The summed E-state index contributed by atoms with van der Waals surface area (Å²) in [6.07, 6.45) is 1.65. The quantitative estimate of drug-likeness (QED) is 0.294. The van der Waals surface area contributed by atoms with Gasteiger partial charge in [0.1, 0.15) is 6.04 Å². The average molecular weight is 510 g/mol. The van der Waals surface area contributed by atoms with E-state index >= 15 is 0 Å². The van der Waals surface area contributed by atoms with E-state index in [-0.39, 0.29) is 29.2 Å². The minimum absolute atomic E-state index is 0.0103. The van der Waals surface area contributed by atoms with Gasteiger partial charge in [-0.25, -0.2) is 9.79 Å². The summed E-state index contributed by atoms with van der Waals surface area (Å²) in [6.45, 7) is 5.57. The van der Waals surface area contributed by atoms with Gasteiger partial charge in [0.05, 0.1) is 28.2 Å². The molecular formula is C25H23N3O7S. The Morgan fingerprint density at radius 3 is 2.72 bits per heavy atom. The van der Waals surface area contributed by atoms with Gasteiger partial charge in [0.25, 0.3) is 11.2 Å². The molecule has 1 aliphatic rings. The van der Waals surface area contributed by atoms with Crippen molar-refractivity contribution in [3.8, 4) is 11.5 Å². The number of thiazole rings is 1. The molecule has 1 N–H and O–H groups in total. The zero-order chi connectivity index (χ0) is 26.0. The van der Waals surface area contributed by atoms with E-state index in [0.29, 0.717) is 38.5 Å². The Labute approximate surface area is 209 Å². The molecule has 0 bridgehead atoms. The lowest BCUT2D eigenvalue weighted by atomic mass is 9.96. The molecule has 186 valence electrons. The van der Waals surface area contributed by atoms with Crippen LogP contribution in [0.4, 0.5) is 5.69 Å². The Bertz CT molecular complexity index is 1570. The molecule has 0 spiro atoms.